The quantitative estimate of drug-likeness (QED) is 0.927. The van der Waals surface area contributed by atoms with E-state index in [1.54, 1.807) is 0 Å². The zero-order valence-corrected chi connectivity index (χ0v) is 13.7. The van der Waals surface area contributed by atoms with Crippen LogP contribution < -0.4 is 5.73 Å². The van der Waals surface area contributed by atoms with Gasteiger partial charge in [-0.3, -0.25) is 4.90 Å². The van der Waals surface area contributed by atoms with Crippen molar-refractivity contribution in [2.75, 3.05) is 33.2 Å². The molecule has 1 saturated heterocycles. The highest BCUT2D eigenvalue weighted by Gasteiger charge is 2.30. The summed E-state index contributed by atoms with van der Waals surface area (Å²) in [6.45, 7) is 5.82. The molecule has 2 unspecified atom stereocenters. The fraction of sp³-hybridized carbons (Fsp3) is 0.600. The average Bonchev–Trinajstić information content (AvgIpc) is 2.44. The summed E-state index contributed by atoms with van der Waals surface area (Å²) < 4.78 is 0. The second-order valence-electron chi connectivity index (χ2n) is 5.42. The van der Waals surface area contributed by atoms with Gasteiger partial charge in [-0.05, 0) is 25.6 Å². The summed E-state index contributed by atoms with van der Waals surface area (Å²) in [5.41, 5.74) is 6.99. The predicted molar refractivity (Wildman–Crippen MR) is 86.5 cm³/mol. The van der Waals surface area contributed by atoms with Crippen LogP contribution in [-0.4, -0.2) is 49.1 Å². The van der Waals surface area contributed by atoms with Gasteiger partial charge in [0.05, 0.1) is 6.04 Å². The molecule has 0 spiro atoms. The Morgan fingerprint density at radius 3 is 2.50 bits per heavy atom. The van der Waals surface area contributed by atoms with Crippen molar-refractivity contribution in [1.82, 2.24) is 9.80 Å². The molecule has 0 bridgehead atoms. The number of hydrogen-bond acceptors (Lipinski definition) is 3. The Labute approximate surface area is 131 Å². The molecule has 1 heterocycles. The van der Waals surface area contributed by atoms with Crippen LogP contribution in [0.15, 0.2) is 18.2 Å². The molecule has 20 heavy (non-hydrogen) atoms. The Bertz CT molecular complexity index is 432. The lowest BCUT2D eigenvalue weighted by molar-refractivity contribution is 0.0644. The summed E-state index contributed by atoms with van der Waals surface area (Å²) in [6.07, 6.45) is 1.14. The smallest absolute Gasteiger partial charge is 0.0501 e. The van der Waals surface area contributed by atoms with Gasteiger partial charge in [0.25, 0.3) is 0 Å². The SMILES string of the molecule is CCC1CN(C(CN)c2c(Cl)cccc2Cl)CCN1C. The van der Waals surface area contributed by atoms with Gasteiger partial charge in [0.15, 0.2) is 0 Å². The van der Waals surface area contributed by atoms with Crippen molar-refractivity contribution < 1.29 is 0 Å². The maximum absolute atomic E-state index is 6.34. The van der Waals surface area contributed by atoms with Crippen molar-refractivity contribution in [2.24, 2.45) is 5.73 Å². The second kappa shape index (κ2) is 7.10. The molecule has 1 aromatic rings. The van der Waals surface area contributed by atoms with Crippen LogP contribution in [0.2, 0.25) is 10.0 Å². The fourth-order valence-corrected chi connectivity index (χ4v) is 3.62. The molecule has 2 atom stereocenters. The summed E-state index contributed by atoms with van der Waals surface area (Å²) in [5, 5.41) is 1.42. The van der Waals surface area contributed by atoms with E-state index >= 15 is 0 Å². The number of nitrogens with two attached hydrogens (primary N) is 1. The van der Waals surface area contributed by atoms with Crippen LogP contribution in [0.4, 0.5) is 0 Å². The molecule has 2 N–H and O–H groups in total. The molecular weight excluding hydrogens is 293 g/mol. The van der Waals surface area contributed by atoms with Gasteiger partial charge in [-0.15, -0.1) is 0 Å². The highest BCUT2D eigenvalue weighted by molar-refractivity contribution is 6.36. The summed E-state index contributed by atoms with van der Waals surface area (Å²) in [6, 6.07) is 6.32. The van der Waals surface area contributed by atoms with Crippen molar-refractivity contribution in [1.29, 1.82) is 0 Å². The molecule has 112 valence electrons. The summed E-state index contributed by atoms with van der Waals surface area (Å²) in [7, 11) is 2.19. The molecule has 1 fully saturated rings. The Balaban J connectivity index is 2.24. The lowest BCUT2D eigenvalue weighted by Gasteiger charge is -2.43. The van der Waals surface area contributed by atoms with Crippen molar-refractivity contribution >= 4 is 23.2 Å². The van der Waals surface area contributed by atoms with E-state index in [2.05, 4.69) is 23.8 Å². The normalized spacial score (nSPS) is 22.9. The Kier molecular flexibility index (Phi) is 5.70. The van der Waals surface area contributed by atoms with Gasteiger partial charge >= 0.3 is 0 Å². The molecule has 5 heteroatoms. The van der Waals surface area contributed by atoms with E-state index < -0.39 is 0 Å². The second-order valence-corrected chi connectivity index (χ2v) is 6.24. The fourth-order valence-electron chi connectivity index (χ4n) is 2.97. The third-order valence-electron chi connectivity index (χ3n) is 4.28. The highest BCUT2D eigenvalue weighted by Crippen LogP contribution is 2.34. The molecule has 0 aliphatic carbocycles. The zero-order valence-electron chi connectivity index (χ0n) is 12.1. The number of piperazine rings is 1. The predicted octanol–water partition coefficient (Wildman–Crippen LogP) is 3.02. The number of likely N-dealkylation sites (N-methyl/N-ethyl adjacent to an activating group) is 1. The average molecular weight is 316 g/mol. The van der Waals surface area contributed by atoms with Crippen LogP contribution in [-0.2, 0) is 0 Å². The van der Waals surface area contributed by atoms with Crippen LogP contribution in [0.1, 0.15) is 24.9 Å². The summed E-state index contributed by atoms with van der Waals surface area (Å²) >= 11 is 12.7. The van der Waals surface area contributed by atoms with Crippen LogP contribution in [0.3, 0.4) is 0 Å². The van der Waals surface area contributed by atoms with E-state index in [0.29, 0.717) is 22.6 Å². The maximum Gasteiger partial charge on any atom is 0.0501 e. The van der Waals surface area contributed by atoms with Crippen LogP contribution >= 0.6 is 23.2 Å². The summed E-state index contributed by atoms with van der Waals surface area (Å²) in [5.74, 6) is 0. The van der Waals surface area contributed by atoms with Crippen molar-refractivity contribution in [2.45, 2.75) is 25.4 Å². The van der Waals surface area contributed by atoms with Crippen LogP contribution in [0.5, 0.6) is 0 Å². The van der Waals surface area contributed by atoms with Gasteiger partial charge in [-0.25, -0.2) is 0 Å². The Hall–Kier alpha value is -0.320. The molecular formula is C15H23Cl2N3. The van der Waals surface area contributed by atoms with Gasteiger partial charge < -0.3 is 10.6 Å². The van der Waals surface area contributed by atoms with Crippen molar-refractivity contribution in [3.63, 3.8) is 0 Å². The van der Waals surface area contributed by atoms with E-state index in [0.717, 1.165) is 31.6 Å². The monoisotopic (exact) mass is 315 g/mol. The maximum atomic E-state index is 6.34. The molecule has 1 aliphatic rings. The lowest BCUT2D eigenvalue weighted by atomic mass is 10.0. The first-order valence-electron chi connectivity index (χ1n) is 7.16. The van der Waals surface area contributed by atoms with Gasteiger partial charge in [0.2, 0.25) is 0 Å². The Morgan fingerprint density at radius 2 is 1.95 bits per heavy atom. The molecule has 0 aromatic heterocycles. The molecule has 0 amide bonds. The topological polar surface area (TPSA) is 32.5 Å². The van der Waals surface area contributed by atoms with Gasteiger partial charge in [-0.2, -0.15) is 0 Å². The van der Waals surface area contributed by atoms with Crippen molar-refractivity contribution in [3.8, 4) is 0 Å². The zero-order chi connectivity index (χ0) is 14.7. The minimum Gasteiger partial charge on any atom is -0.329 e. The first kappa shape index (κ1) is 16.1. The Morgan fingerprint density at radius 1 is 1.30 bits per heavy atom. The first-order chi connectivity index (χ1) is 9.58. The standard InChI is InChI=1S/C15H23Cl2N3/c1-3-11-10-20(8-7-19(11)2)14(9-18)15-12(16)5-4-6-13(15)17/h4-6,11,14H,3,7-10,18H2,1-2H3. The summed E-state index contributed by atoms with van der Waals surface area (Å²) in [4.78, 5) is 4.83. The number of nitrogens with zero attached hydrogens (tertiary/aromatic N) is 2. The van der Waals surface area contributed by atoms with Gasteiger partial charge in [0, 0.05) is 47.8 Å². The lowest BCUT2D eigenvalue weighted by Crippen LogP contribution is -2.53. The van der Waals surface area contributed by atoms with E-state index in [9.17, 15) is 0 Å². The van der Waals surface area contributed by atoms with E-state index in [-0.39, 0.29) is 6.04 Å². The molecule has 3 nitrogen and oxygen atoms in total. The number of benzene rings is 1. The van der Waals surface area contributed by atoms with Gasteiger partial charge in [-0.1, -0.05) is 36.2 Å². The number of hydrogen-bond donors (Lipinski definition) is 1. The minimum atomic E-state index is 0.0962. The third-order valence-corrected chi connectivity index (χ3v) is 4.94. The number of halogens is 2. The van der Waals surface area contributed by atoms with Crippen LogP contribution in [0, 0.1) is 0 Å². The van der Waals surface area contributed by atoms with E-state index in [4.69, 9.17) is 28.9 Å². The van der Waals surface area contributed by atoms with E-state index in [1.807, 2.05) is 18.2 Å². The number of rotatable bonds is 4. The largest absolute Gasteiger partial charge is 0.329 e. The molecule has 0 saturated carbocycles. The van der Waals surface area contributed by atoms with Gasteiger partial charge in [0.1, 0.15) is 0 Å². The third kappa shape index (κ3) is 3.29. The van der Waals surface area contributed by atoms with Crippen molar-refractivity contribution in [3.05, 3.63) is 33.8 Å². The molecule has 1 aromatic carbocycles. The van der Waals surface area contributed by atoms with Crippen LogP contribution in [0.25, 0.3) is 0 Å². The molecule has 2 rings (SSSR count). The molecule has 0 radical (unpaired) electrons. The van der Waals surface area contributed by atoms with E-state index in [1.165, 1.54) is 0 Å². The first-order valence-corrected chi connectivity index (χ1v) is 7.92. The minimum absolute atomic E-state index is 0.0962. The highest BCUT2D eigenvalue weighted by atomic mass is 35.5. The molecule has 1 aliphatic heterocycles.